The van der Waals surface area contributed by atoms with Crippen LogP contribution in [-0.2, 0) is 4.79 Å². The Bertz CT molecular complexity index is 400. The molecule has 0 heterocycles. The number of carbonyl (C=O) groups excluding carboxylic acids is 1. The van der Waals surface area contributed by atoms with Crippen molar-refractivity contribution in [3.63, 3.8) is 0 Å². The summed E-state index contributed by atoms with van der Waals surface area (Å²) >= 11 is 5.04. The molecule has 0 aromatic heterocycles. The number of primary amides is 1. The Morgan fingerprint density at radius 2 is 2.29 bits per heavy atom. The Kier molecular flexibility index (Phi) is 5.49. The average Bonchev–Trinajstić information content (AvgIpc) is 2.27. The van der Waals surface area contributed by atoms with Crippen LogP contribution in [0.1, 0.15) is 13.8 Å². The molecule has 1 amide bonds. The van der Waals surface area contributed by atoms with Gasteiger partial charge >= 0.3 is 0 Å². The first-order valence-corrected chi connectivity index (χ1v) is 7.19. The van der Waals surface area contributed by atoms with Crippen molar-refractivity contribution in [2.45, 2.75) is 24.3 Å². The zero-order valence-corrected chi connectivity index (χ0v) is 12.4. The third-order valence-electron chi connectivity index (χ3n) is 2.43. The number of nitrogens with two attached hydrogens (primary N) is 1. The molecule has 17 heavy (non-hydrogen) atoms. The van der Waals surface area contributed by atoms with Crippen molar-refractivity contribution in [1.82, 2.24) is 5.32 Å². The molecule has 3 N–H and O–H groups in total. The van der Waals surface area contributed by atoms with Crippen LogP contribution in [0.15, 0.2) is 33.6 Å². The molecule has 94 valence electrons. The predicted molar refractivity (Wildman–Crippen MR) is 76.1 cm³/mol. The minimum Gasteiger partial charge on any atom is -0.368 e. The van der Waals surface area contributed by atoms with Crippen LogP contribution in [0, 0.1) is 0 Å². The molecule has 3 nitrogen and oxygen atoms in total. The summed E-state index contributed by atoms with van der Waals surface area (Å²) in [5.74, 6) is 0.300. The maximum atomic E-state index is 11.4. The SMILES string of the molecule is CCNC(C)(CSc1cccc(Br)c1)C(N)=O. The van der Waals surface area contributed by atoms with Crippen molar-refractivity contribution in [3.8, 4) is 0 Å². The highest BCUT2D eigenvalue weighted by Gasteiger charge is 2.29. The molecule has 1 aromatic rings. The Morgan fingerprint density at radius 3 is 2.82 bits per heavy atom. The van der Waals surface area contributed by atoms with Gasteiger partial charge in [-0.2, -0.15) is 0 Å². The van der Waals surface area contributed by atoms with Crippen LogP contribution in [-0.4, -0.2) is 23.7 Å². The number of benzene rings is 1. The molecule has 0 bridgehead atoms. The van der Waals surface area contributed by atoms with Crippen LogP contribution in [0.5, 0.6) is 0 Å². The first-order valence-electron chi connectivity index (χ1n) is 5.41. The molecule has 0 spiro atoms. The number of hydrogen-bond donors (Lipinski definition) is 2. The van der Waals surface area contributed by atoms with Crippen molar-refractivity contribution in [3.05, 3.63) is 28.7 Å². The van der Waals surface area contributed by atoms with Crippen molar-refractivity contribution in [2.75, 3.05) is 12.3 Å². The van der Waals surface area contributed by atoms with E-state index in [9.17, 15) is 4.79 Å². The number of carbonyl (C=O) groups is 1. The summed E-state index contributed by atoms with van der Waals surface area (Å²) in [7, 11) is 0. The van der Waals surface area contributed by atoms with Gasteiger partial charge in [0.05, 0.1) is 0 Å². The Balaban J connectivity index is 2.67. The summed E-state index contributed by atoms with van der Waals surface area (Å²) in [6.07, 6.45) is 0. The molecule has 0 radical (unpaired) electrons. The van der Waals surface area contributed by atoms with Gasteiger partial charge in [0.1, 0.15) is 5.54 Å². The van der Waals surface area contributed by atoms with E-state index < -0.39 is 5.54 Å². The number of halogens is 1. The van der Waals surface area contributed by atoms with E-state index in [0.717, 1.165) is 15.9 Å². The average molecular weight is 317 g/mol. The lowest BCUT2D eigenvalue weighted by atomic mass is 10.1. The fourth-order valence-electron chi connectivity index (χ4n) is 1.38. The van der Waals surface area contributed by atoms with E-state index in [1.807, 2.05) is 38.1 Å². The number of likely N-dealkylation sites (N-methyl/N-ethyl adjacent to an activating group) is 1. The topological polar surface area (TPSA) is 55.1 Å². The molecule has 5 heteroatoms. The van der Waals surface area contributed by atoms with E-state index in [4.69, 9.17) is 5.73 Å². The van der Waals surface area contributed by atoms with Gasteiger partial charge in [0, 0.05) is 15.1 Å². The van der Waals surface area contributed by atoms with Crippen LogP contribution in [0.4, 0.5) is 0 Å². The molecule has 0 aliphatic heterocycles. The van der Waals surface area contributed by atoms with Crippen LogP contribution < -0.4 is 11.1 Å². The molecular weight excluding hydrogens is 300 g/mol. The van der Waals surface area contributed by atoms with Gasteiger partial charge in [-0.15, -0.1) is 11.8 Å². The zero-order chi connectivity index (χ0) is 12.9. The maximum Gasteiger partial charge on any atom is 0.238 e. The fourth-order valence-corrected chi connectivity index (χ4v) is 3.02. The molecule has 0 aliphatic carbocycles. The van der Waals surface area contributed by atoms with E-state index >= 15 is 0 Å². The molecule has 1 atom stereocenters. The zero-order valence-electron chi connectivity index (χ0n) is 10.00. The standard InChI is InChI=1S/C12H17BrN2OS/c1-3-15-12(2,11(14)16)8-17-10-6-4-5-9(13)7-10/h4-7,15H,3,8H2,1-2H3,(H2,14,16). The molecule has 0 saturated carbocycles. The molecule has 0 saturated heterocycles. The minimum atomic E-state index is -0.665. The largest absolute Gasteiger partial charge is 0.368 e. The summed E-state index contributed by atoms with van der Waals surface area (Å²) in [5.41, 5.74) is 4.76. The predicted octanol–water partition coefficient (Wildman–Crippen LogP) is 2.39. The molecular formula is C12H17BrN2OS. The van der Waals surface area contributed by atoms with Crippen LogP contribution in [0.2, 0.25) is 0 Å². The van der Waals surface area contributed by atoms with Gasteiger partial charge in [-0.05, 0) is 31.7 Å². The molecule has 1 aromatic carbocycles. The fraction of sp³-hybridized carbons (Fsp3) is 0.417. The summed E-state index contributed by atoms with van der Waals surface area (Å²) in [4.78, 5) is 12.6. The van der Waals surface area contributed by atoms with Crippen molar-refractivity contribution >= 4 is 33.6 Å². The van der Waals surface area contributed by atoms with Gasteiger partial charge in [-0.1, -0.05) is 28.9 Å². The highest BCUT2D eigenvalue weighted by Crippen LogP contribution is 2.25. The number of rotatable bonds is 6. The number of hydrogen-bond acceptors (Lipinski definition) is 3. The first kappa shape index (κ1) is 14.5. The molecule has 0 aliphatic rings. The van der Waals surface area contributed by atoms with Crippen molar-refractivity contribution in [1.29, 1.82) is 0 Å². The minimum absolute atomic E-state index is 0.318. The highest BCUT2D eigenvalue weighted by molar-refractivity contribution is 9.10. The third kappa shape index (κ3) is 4.33. The monoisotopic (exact) mass is 316 g/mol. The van der Waals surface area contributed by atoms with Crippen LogP contribution in [0.3, 0.4) is 0 Å². The van der Waals surface area contributed by atoms with Crippen LogP contribution >= 0.6 is 27.7 Å². The number of nitrogens with one attached hydrogen (secondary N) is 1. The normalized spacial score (nSPS) is 14.3. The lowest BCUT2D eigenvalue weighted by Crippen LogP contribution is -2.55. The quantitative estimate of drug-likeness (QED) is 0.792. The lowest BCUT2D eigenvalue weighted by Gasteiger charge is -2.26. The Morgan fingerprint density at radius 1 is 1.59 bits per heavy atom. The van der Waals surface area contributed by atoms with Gasteiger partial charge in [0.25, 0.3) is 0 Å². The maximum absolute atomic E-state index is 11.4. The second kappa shape index (κ2) is 6.42. The first-order chi connectivity index (χ1) is 7.98. The van der Waals surface area contributed by atoms with Gasteiger partial charge in [-0.25, -0.2) is 0 Å². The highest BCUT2D eigenvalue weighted by atomic mass is 79.9. The van der Waals surface area contributed by atoms with E-state index in [1.54, 1.807) is 11.8 Å². The second-order valence-electron chi connectivity index (χ2n) is 3.97. The molecule has 0 fully saturated rings. The van der Waals surface area contributed by atoms with E-state index in [0.29, 0.717) is 5.75 Å². The number of amides is 1. The Labute approximate surface area is 115 Å². The summed E-state index contributed by atoms with van der Waals surface area (Å²) < 4.78 is 1.03. The van der Waals surface area contributed by atoms with E-state index in [2.05, 4.69) is 21.2 Å². The molecule has 1 rings (SSSR count). The van der Waals surface area contributed by atoms with Gasteiger partial charge in [0.2, 0.25) is 5.91 Å². The van der Waals surface area contributed by atoms with Gasteiger partial charge in [-0.3, -0.25) is 4.79 Å². The van der Waals surface area contributed by atoms with Crippen molar-refractivity contribution in [2.24, 2.45) is 5.73 Å². The molecule has 1 unspecified atom stereocenters. The summed E-state index contributed by atoms with van der Waals surface area (Å²) in [5, 5.41) is 3.14. The summed E-state index contributed by atoms with van der Waals surface area (Å²) in [6, 6.07) is 7.99. The van der Waals surface area contributed by atoms with Crippen LogP contribution in [0.25, 0.3) is 0 Å². The van der Waals surface area contributed by atoms with Gasteiger partial charge in [0.15, 0.2) is 0 Å². The van der Waals surface area contributed by atoms with E-state index in [1.165, 1.54) is 0 Å². The smallest absolute Gasteiger partial charge is 0.238 e. The van der Waals surface area contributed by atoms with E-state index in [-0.39, 0.29) is 5.91 Å². The number of thioether (sulfide) groups is 1. The van der Waals surface area contributed by atoms with Crippen molar-refractivity contribution < 1.29 is 4.79 Å². The third-order valence-corrected chi connectivity index (χ3v) is 4.24. The summed E-state index contributed by atoms with van der Waals surface area (Å²) in [6.45, 7) is 4.52. The Hall–Kier alpha value is -0.520. The lowest BCUT2D eigenvalue weighted by molar-refractivity contribution is -0.122. The van der Waals surface area contributed by atoms with Gasteiger partial charge < -0.3 is 11.1 Å². The second-order valence-corrected chi connectivity index (χ2v) is 5.94.